The molecule has 0 spiro atoms. The number of anilines is 2. The van der Waals surface area contributed by atoms with E-state index in [1.807, 2.05) is 24.3 Å². The third-order valence-electron chi connectivity index (χ3n) is 4.10. The maximum atomic E-state index is 5.69. The van der Waals surface area contributed by atoms with Crippen molar-refractivity contribution in [2.45, 2.75) is 12.6 Å². The molecule has 0 aromatic carbocycles. The van der Waals surface area contributed by atoms with E-state index in [-0.39, 0.29) is 6.04 Å². The molecule has 4 rings (SSSR count). The fourth-order valence-corrected chi connectivity index (χ4v) is 3.51. The third-order valence-corrected chi connectivity index (χ3v) is 4.83. The second-order valence-corrected chi connectivity index (χ2v) is 6.61. The highest BCUT2D eigenvalue weighted by molar-refractivity contribution is 7.07. The number of morpholine rings is 1. The van der Waals surface area contributed by atoms with E-state index in [1.165, 1.54) is 5.56 Å². The van der Waals surface area contributed by atoms with Gasteiger partial charge in [-0.05, 0) is 40.6 Å². The molecule has 6 nitrogen and oxygen atoms in total. The van der Waals surface area contributed by atoms with Crippen molar-refractivity contribution in [3.63, 3.8) is 0 Å². The van der Waals surface area contributed by atoms with Crippen LogP contribution in [0, 0.1) is 0 Å². The Bertz CT molecular complexity index is 796. The number of nitrogens with one attached hydrogen (secondary N) is 1. The lowest BCUT2D eigenvalue weighted by Gasteiger charge is -2.34. The molecule has 1 fully saturated rings. The quantitative estimate of drug-likeness (QED) is 0.760. The summed E-state index contributed by atoms with van der Waals surface area (Å²) in [6.07, 6.45) is 3.53. The minimum Gasteiger partial charge on any atom is -0.378 e. The Labute approximate surface area is 150 Å². The van der Waals surface area contributed by atoms with Crippen LogP contribution in [0.15, 0.2) is 53.5 Å². The molecule has 3 aromatic rings. The molecule has 0 radical (unpaired) electrons. The van der Waals surface area contributed by atoms with Crippen molar-refractivity contribution >= 4 is 23.0 Å². The van der Waals surface area contributed by atoms with E-state index in [0.29, 0.717) is 6.61 Å². The lowest BCUT2D eigenvalue weighted by atomic mass is 10.2. The summed E-state index contributed by atoms with van der Waals surface area (Å²) in [5.41, 5.74) is 1.32. The zero-order chi connectivity index (χ0) is 16.9. The Morgan fingerprint density at radius 2 is 2.16 bits per heavy atom. The van der Waals surface area contributed by atoms with E-state index in [4.69, 9.17) is 4.74 Å². The molecule has 1 aliphatic rings. The molecule has 0 saturated carbocycles. The SMILES string of the molecule is c1ccc(Nc2ccnc(C3COCCN3Cc3ccsc3)n2)nc1. The lowest BCUT2D eigenvalue weighted by Crippen LogP contribution is -2.39. The van der Waals surface area contributed by atoms with Crippen molar-refractivity contribution in [1.29, 1.82) is 0 Å². The first kappa shape index (κ1) is 16.1. The van der Waals surface area contributed by atoms with E-state index in [1.54, 1.807) is 23.7 Å². The van der Waals surface area contributed by atoms with Gasteiger partial charge >= 0.3 is 0 Å². The summed E-state index contributed by atoms with van der Waals surface area (Å²) in [4.78, 5) is 15.8. The van der Waals surface area contributed by atoms with Gasteiger partial charge in [-0.15, -0.1) is 0 Å². The zero-order valence-electron chi connectivity index (χ0n) is 13.7. The first-order chi connectivity index (χ1) is 12.4. The van der Waals surface area contributed by atoms with Crippen molar-refractivity contribution < 1.29 is 4.74 Å². The molecule has 3 aromatic heterocycles. The number of ether oxygens (including phenoxy) is 1. The highest BCUT2D eigenvalue weighted by Gasteiger charge is 2.27. The molecule has 0 amide bonds. The smallest absolute Gasteiger partial charge is 0.150 e. The first-order valence-corrected chi connectivity index (χ1v) is 9.16. The second-order valence-electron chi connectivity index (χ2n) is 5.83. The van der Waals surface area contributed by atoms with Gasteiger partial charge in [0.1, 0.15) is 17.5 Å². The van der Waals surface area contributed by atoms with Crippen LogP contribution in [0.5, 0.6) is 0 Å². The number of nitrogens with zero attached hydrogens (tertiary/aromatic N) is 4. The fourth-order valence-electron chi connectivity index (χ4n) is 2.85. The molecular formula is C18H19N5OS. The largest absolute Gasteiger partial charge is 0.378 e. The molecule has 1 aliphatic heterocycles. The van der Waals surface area contributed by atoms with Crippen molar-refractivity contribution in [2.75, 3.05) is 25.1 Å². The van der Waals surface area contributed by atoms with Crippen molar-refractivity contribution in [2.24, 2.45) is 0 Å². The Hall–Kier alpha value is -2.35. The maximum Gasteiger partial charge on any atom is 0.150 e. The number of thiophene rings is 1. The van der Waals surface area contributed by atoms with Gasteiger partial charge in [-0.25, -0.2) is 15.0 Å². The fraction of sp³-hybridized carbons (Fsp3) is 0.278. The molecule has 4 heterocycles. The van der Waals surface area contributed by atoms with Gasteiger partial charge in [-0.1, -0.05) is 6.07 Å². The van der Waals surface area contributed by atoms with E-state index >= 15 is 0 Å². The van der Waals surface area contributed by atoms with Gasteiger partial charge < -0.3 is 10.1 Å². The molecule has 1 unspecified atom stereocenters. The van der Waals surface area contributed by atoms with Crippen LogP contribution in [-0.4, -0.2) is 39.6 Å². The van der Waals surface area contributed by atoms with Gasteiger partial charge in [0.05, 0.1) is 19.3 Å². The first-order valence-electron chi connectivity index (χ1n) is 8.22. The standard InChI is InChI=1S/C18H19N5OS/c1-2-6-19-16(3-1)21-17-4-7-20-18(22-17)15-12-24-9-8-23(15)11-14-5-10-25-13-14/h1-7,10,13,15H,8-9,11-12H2,(H,19,20,21,22). The van der Waals surface area contributed by atoms with Gasteiger partial charge in [0.15, 0.2) is 0 Å². The molecule has 7 heteroatoms. The monoisotopic (exact) mass is 353 g/mol. The Morgan fingerprint density at radius 1 is 1.16 bits per heavy atom. The molecule has 1 saturated heterocycles. The second kappa shape index (κ2) is 7.69. The van der Waals surface area contributed by atoms with Crippen LogP contribution in [0.3, 0.4) is 0 Å². The number of aromatic nitrogens is 3. The maximum absolute atomic E-state index is 5.69. The minimum atomic E-state index is 0.0548. The van der Waals surface area contributed by atoms with E-state index in [2.05, 4.69) is 42.0 Å². The molecule has 1 N–H and O–H groups in total. The summed E-state index contributed by atoms with van der Waals surface area (Å²) in [6.45, 7) is 3.12. The molecule has 0 aliphatic carbocycles. The summed E-state index contributed by atoms with van der Waals surface area (Å²) in [7, 11) is 0. The topological polar surface area (TPSA) is 63.2 Å². The predicted molar refractivity (Wildman–Crippen MR) is 97.8 cm³/mol. The van der Waals surface area contributed by atoms with Gasteiger partial charge in [0.2, 0.25) is 0 Å². The number of pyridine rings is 1. The highest BCUT2D eigenvalue weighted by Crippen LogP contribution is 2.25. The van der Waals surface area contributed by atoms with E-state index < -0.39 is 0 Å². The van der Waals surface area contributed by atoms with Crippen LogP contribution in [0.25, 0.3) is 0 Å². The summed E-state index contributed by atoms with van der Waals surface area (Å²) in [5.74, 6) is 2.28. The molecule has 1 atom stereocenters. The summed E-state index contributed by atoms with van der Waals surface area (Å²) in [5, 5.41) is 7.52. The molecule has 25 heavy (non-hydrogen) atoms. The summed E-state index contributed by atoms with van der Waals surface area (Å²) >= 11 is 1.72. The highest BCUT2D eigenvalue weighted by atomic mass is 32.1. The van der Waals surface area contributed by atoms with Crippen molar-refractivity contribution in [3.8, 4) is 0 Å². The average molecular weight is 353 g/mol. The van der Waals surface area contributed by atoms with Gasteiger partial charge in [-0.3, -0.25) is 4.90 Å². The average Bonchev–Trinajstić information content (AvgIpc) is 3.16. The Kier molecular flexibility index (Phi) is 4.96. The van der Waals surface area contributed by atoms with Crippen LogP contribution < -0.4 is 5.32 Å². The summed E-state index contributed by atoms with van der Waals surface area (Å²) < 4.78 is 5.69. The molecule has 0 bridgehead atoms. The normalized spacial score (nSPS) is 18.2. The molecular weight excluding hydrogens is 334 g/mol. The lowest BCUT2D eigenvalue weighted by molar-refractivity contribution is -0.0158. The van der Waals surface area contributed by atoms with Crippen LogP contribution >= 0.6 is 11.3 Å². The number of hydrogen-bond acceptors (Lipinski definition) is 7. The van der Waals surface area contributed by atoms with E-state index in [0.717, 1.165) is 37.2 Å². The van der Waals surface area contributed by atoms with Crippen molar-refractivity contribution in [3.05, 3.63) is 64.9 Å². The van der Waals surface area contributed by atoms with Crippen LogP contribution in [0.1, 0.15) is 17.4 Å². The summed E-state index contributed by atoms with van der Waals surface area (Å²) in [6, 6.07) is 9.81. The Morgan fingerprint density at radius 3 is 3.00 bits per heavy atom. The van der Waals surface area contributed by atoms with Crippen LogP contribution in [0.2, 0.25) is 0 Å². The zero-order valence-corrected chi connectivity index (χ0v) is 14.5. The molecule has 128 valence electrons. The van der Waals surface area contributed by atoms with E-state index in [9.17, 15) is 0 Å². The van der Waals surface area contributed by atoms with Crippen LogP contribution in [0.4, 0.5) is 11.6 Å². The minimum absolute atomic E-state index is 0.0548. The predicted octanol–water partition coefficient (Wildman–Crippen LogP) is 3.25. The van der Waals surface area contributed by atoms with Crippen LogP contribution in [-0.2, 0) is 11.3 Å². The van der Waals surface area contributed by atoms with Crippen molar-refractivity contribution in [1.82, 2.24) is 19.9 Å². The number of rotatable bonds is 5. The third kappa shape index (κ3) is 4.01. The van der Waals surface area contributed by atoms with Gasteiger partial charge in [0, 0.05) is 25.5 Å². The number of hydrogen-bond donors (Lipinski definition) is 1. The van der Waals surface area contributed by atoms with Gasteiger partial charge in [0.25, 0.3) is 0 Å². The Balaban J connectivity index is 1.53. The van der Waals surface area contributed by atoms with Gasteiger partial charge in [-0.2, -0.15) is 11.3 Å².